The quantitative estimate of drug-likeness (QED) is 0.343. The molecule has 36 heavy (non-hydrogen) atoms. The minimum absolute atomic E-state index is 0.0836. The van der Waals surface area contributed by atoms with Crippen LogP contribution in [0.1, 0.15) is 31.3 Å². The molecule has 0 unspecified atom stereocenters. The van der Waals surface area contributed by atoms with Crippen LogP contribution in [0.4, 0.5) is 10.3 Å². The molecule has 0 aliphatic rings. The second-order valence-electron chi connectivity index (χ2n) is 7.89. The summed E-state index contributed by atoms with van der Waals surface area (Å²) in [6.45, 7) is 5.00. The molecule has 190 valence electrons. The molecule has 0 amide bonds. The van der Waals surface area contributed by atoms with Crippen molar-refractivity contribution in [2.75, 3.05) is 18.9 Å². The Morgan fingerprint density at radius 3 is 2.28 bits per heavy atom. The lowest BCUT2D eigenvalue weighted by molar-refractivity contribution is 0.391. The van der Waals surface area contributed by atoms with E-state index in [1.807, 2.05) is 12.3 Å². The molecule has 0 spiro atoms. The third-order valence-electron chi connectivity index (χ3n) is 5.57. The van der Waals surface area contributed by atoms with Crippen LogP contribution >= 0.6 is 11.3 Å². The molecule has 4 rings (SSSR count). The fourth-order valence-electron chi connectivity index (χ4n) is 3.47. The minimum atomic E-state index is -4.05. The van der Waals surface area contributed by atoms with Crippen LogP contribution in [0.2, 0.25) is 0 Å². The molecular formula is C22H24FN7O4S2. The molecule has 0 radical (unpaired) electrons. The molecule has 2 atom stereocenters. The molecule has 0 fully saturated rings. The van der Waals surface area contributed by atoms with Gasteiger partial charge >= 0.3 is 0 Å². The molecule has 0 bridgehead atoms. The Balaban J connectivity index is 1.81. The summed E-state index contributed by atoms with van der Waals surface area (Å²) >= 11 is 1.34. The van der Waals surface area contributed by atoms with Gasteiger partial charge in [-0.25, -0.2) is 27.8 Å². The first-order valence-electron chi connectivity index (χ1n) is 10.7. The number of aromatic nitrogens is 6. The van der Waals surface area contributed by atoms with Crippen LogP contribution in [-0.2, 0) is 10.0 Å². The minimum Gasteiger partial charge on any atom is -0.494 e. The fourth-order valence-corrected chi connectivity index (χ4v) is 5.47. The molecule has 0 saturated carbocycles. The molecule has 0 aliphatic heterocycles. The Morgan fingerprint density at radius 2 is 1.72 bits per heavy atom. The van der Waals surface area contributed by atoms with Crippen LogP contribution in [0.25, 0.3) is 16.5 Å². The van der Waals surface area contributed by atoms with Crippen molar-refractivity contribution in [3.63, 3.8) is 0 Å². The van der Waals surface area contributed by atoms with Crippen molar-refractivity contribution >= 4 is 27.3 Å². The number of halogens is 1. The van der Waals surface area contributed by atoms with Gasteiger partial charge in [0.2, 0.25) is 16.0 Å². The van der Waals surface area contributed by atoms with Crippen molar-refractivity contribution in [2.24, 2.45) is 0 Å². The summed E-state index contributed by atoms with van der Waals surface area (Å²) in [6.07, 6.45) is 2.00. The number of thiazole rings is 1. The average Bonchev–Trinajstić information content (AvgIpc) is 3.48. The van der Waals surface area contributed by atoms with Gasteiger partial charge in [-0.15, -0.1) is 21.5 Å². The van der Waals surface area contributed by atoms with Crippen molar-refractivity contribution in [3.05, 3.63) is 53.3 Å². The maximum absolute atomic E-state index is 13.4. The highest BCUT2D eigenvalue weighted by molar-refractivity contribution is 7.93. The van der Waals surface area contributed by atoms with Gasteiger partial charge in [0.05, 0.1) is 31.9 Å². The zero-order valence-electron chi connectivity index (χ0n) is 20.1. The van der Waals surface area contributed by atoms with E-state index in [1.165, 1.54) is 37.0 Å². The number of ether oxygens (including phenoxy) is 2. The highest BCUT2D eigenvalue weighted by Gasteiger charge is 2.32. The lowest BCUT2D eigenvalue weighted by atomic mass is 10.1. The monoisotopic (exact) mass is 533 g/mol. The molecule has 14 heteroatoms. The molecular weight excluding hydrogens is 509 g/mol. The van der Waals surface area contributed by atoms with Crippen LogP contribution in [0.5, 0.6) is 11.5 Å². The molecule has 3 aromatic heterocycles. The topological polar surface area (TPSA) is 134 Å². The van der Waals surface area contributed by atoms with E-state index in [-0.39, 0.29) is 11.8 Å². The number of hydrogen-bond acceptors (Lipinski definition) is 10. The van der Waals surface area contributed by atoms with Crippen LogP contribution < -0.4 is 14.2 Å². The van der Waals surface area contributed by atoms with Gasteiger partial charge in [-0.2, -0.15) is 0 Å². The number of sulfonamides is 1. The highest BCUT2D eigenvalue weighted by atomic mass is 32.2. The molecule has 3 heterocycles. The van der Waals surface area contributed by atoms with Crippen LogP contribution in [0.15, 0.2) is 36.0 Å². The van der Waals surface area contributed by atoms with Crippen molar-refractivity contribution in [2.45, 2.75) is 31.9 Å². The van der Waals surface area contributed by atoms with E-state index in [9.17, 15) is 12.8 Å². The van der Waals surface area contributed by atoms with Crippen LogP contribution in [-0.4, -0.2) is 57.6 Å². The van der Waals surface area contributed by atoms with Gasteiger partial charge in [0.15, 0.2) is 16.6 Å². The Labute approximate surface area is 211 Å². The fraction of sp³-hybridized carbons (Fsp3) is 0.318. The SMILES string of the molecule is COc1cccc(OC)c1-n1c(NS(=O)(=O)[C@H](C)[C@H](C)c2ncc(F)cn2)nnc1-c1nc(C)cs1. The van der Waals surface area contributed by atoms with E-state index < -0.39 is 27.0 Å². The van der Waals surface area contributed by atoms with E-state index in [4.69, 9.17) is 9.47 Å². The molecule has 4 aromatic rings. The lowest BCUT2D eigenvalue weighted by Gasteiger charge is -2.21. The lowest BCUT2D eigenvalue weighted by Crippen LogP contribution is -2.31. The number of anilines is 1. The van der Waals surface area contributed by atoms with Gasteiger partial charge < -0.3 is 9.47 Å². The van der Waals surface area contributed by atoms with Gasteiger partial charge in [0.25, 0.3) is 0 Å². The predicted molar refractivity (Wildman–Crippen MR) is 133 cm³/mol. The third-order valence-corrected chi connectivity index (χ3v) is 8.38. The maximum Gasteiger partial charge on any atom is 0.243 e. The predicted octanol–water partition coefficient (Wildman–Crippen LogP) is 3.58. The van der Waals surface area contributed by atoms with Gasteiger partial charge in [-0.1, -0.05) is 13.0 Å². The highest BCUT2D eigenvalue weighted by Crippen LogP contribution is 2.38. The first-order valence-corrected chi connectivity index (χ1v) is 13.2. The smallest absolute Gasteiger partial charge is 0.243 e. The number of rotatable bonds is 9. The second-order valence-corrected chi connectivity index (χ2v) is 10.8. The number of hydrogen-bond donors (Lipinski definition) is 1. The zero-order chi connectivity index (χ0) is 26.0. The van der Waals surface area contributed by atoms with Crippen LogP contribution in [0.3, 0.4) is 0 Å². The van der Waals surface area contributed by atoms with Gasteiger partial charge in [0.1, 0.15) is 23.0 Å². The standard InChI is InChI=1S/C22H24FN7O4S2/c1-12-11-35-21(26-12)20-27-28-22(30(20)18-16(33-4)7-6-8-17(18)34-5)29-36(31,32)14(3)13(2)19-24-9-15(23)10-25-19/h6-11,13-14H,1-5H3,(H,28,29)/t13-,14+/m0/s1. The largest absolute Gasteiger partial charge is 0.494 e. The Morgan fingerprint density at radius 1 is 1.08 bits per heavy atom. The summed E-state index contributed by atoms with van der Waals surface area (Å²) in [4.78, 5) is 12.3. The summed E-state index contributed by atoms with van der Waals surface area (Å²) < 4.78 is 55.2. The first kappa shape index (κ1) is 25.4. The van der Waals surface area contributed by atoms with E-state index in [2.05, 4.69) is 29.9 Å². The second kappa shape index (κ2) is 10.1. The van der Waals surface area contributed by atoms with Gasteiger partial charge in [0, 0.05) is 17.0 Å². The molecule has 1 aromatic carbocycles. The summed E-state index contributed by atoms with van der Waals surface area (Å²) in [5, 5.41) is 9.75. The number of methoxy groups -OCH3 is 2. The molecule has 11 nitrogen and oxygen atoms in total. The number of aryl methyl sites for hydroxylation is 1. The number of nitrogens with one attached hydrogen (secondary N) is 1. The summed E-state index contributed by atoms with van der Waals surface area (Å²) in [5.41, 5.74) is 1.18. The number of nitrogens with zero attached hydrogens (tertiary/aromatic N) is 6. The summed E-state index contributed by atoms with van der Waals surface area (Å²) in [5.74, 6) is -0.0303. The summed E-state index contributed by atoms with van der Waals surface area (Å²) in [7, 11) is -1.07. The van der Waals surface area contributed by atoms with Crippen molar-refractivity contribution in [1.82, 2.24) is 29.7 Å². The van der Waals surface area contributed by atoms with Crippen LogP contribution in [0, 0.1) is 12.7 Å². The first-order chi connectivity index (χ1) is 17.2. The van der Waals surface area contributed by atoms with E-state index in [0.29, 0.717) is 28.0 Å². The molecule has 1 N–H and O–H groups in total. The number of benzene rings is 1. The van der Waals surface area contributed by atoms with E-state index in [0.717, 1.165) is 18.1 Å². The average molecular weight is 534 g/mol. The molecule has 0 aliphatic carbocycles. The van der Waals surface area contributed by atoms with Crippen molar-refractivity contribution in [3.8, 4) is 28.0 Å². The zero-order valence-corrected chi connectivity index (χ0v) is 21.8. The van der Waals surface area contributed by atoms with Gasteiger partial charge in [-0.3, -0.25) is 9.29 Å². The van der Waals surface area contributed by atoms with E-state index in [1.54, 1.807) is 25.1 Å². The Hall–Kier alpha value is -3.65. The number of para-hydroxylation sites is 1. The summed E-state index contributed by atoms with van der Waals surface area (Å²) in [6, 6.07) is 5.17. The van der Waals surface area contributed by atoms with Crippen molar-refractivity contribution in [1.29, 1.82) is 0 Å². The molecule has 0 saturated heterocycles. The van der Waals surface area contributed by atoms with Crippen molar-refractivity contribution < 1.29 is 22.3 Å². The maximum atomic E-state index is 13.4. The third kappa shape index (κ3) is 4.86. The Kier molecular flexibility index (Phi) is 7.17. The normalized spacial score (nSPS) is 13.3. The Bertz CT molecular complexity index is 1450. The van der Waals surface area contributed by atoms with Gasteiger partial charge in [-0.05, 0) is 26.0 Å². The van der Waals surface area contributed by atoms with E-state index >= 15 is 0 Å².